The maximum atomic E-state index is 5.63. The zero-order chi connectivity index (χ0) is 11.8. The summed E-state index contributed by atoms with van der Waals surface area (Å²) in [7, 11) is 0. The Hall–Kier alpha value is -0.210. The van der Waals surface area contributed by atoms with Gasteiger partial charge in [0, 0.05) is 11.6 Å². The summed E-state index contributed by atoms with van der Waals surface area (Å²) in [5.74, 6) is 1.96. The fraction of sp³-hybridized carbons (Fsp3) is 0.615. The van der Waals surface area contributed by atoms with Crippen LogP contribution in [-0.2, 0) is 0 Å². The average molecular weight is 258 g/mol. The van der Waals surface area contributed by atoms with Crippen molar-refractivity contribution < 1.29 is 0 Å². The maximum absolute atomic E-state index is 5.63. The van der Waals surface area contributed by atoms with Gasteiger partial charge in [-0.05, 0) is 50.1 Å². The van der Waals surface area contributed by atoms with Crippen LogP contribution in [0.1, 0.15) is 36.9 Å². The molecule has 1 rings (SSSR count). The number of thioether (sulfide) groups is 1. The number of nitrogens with zero attached hydrogens (tertiary/aromatic N) is 1. The van der Waals surface area contributed by atoms with Gasteiger partial charge >= 0.3 is 0 Å². The van der Waals surface area contributed by atoms with Crippen LogP contribution in [0.5, 0.6) is 0 Å². The first-order valence-corrected chi connectivity index (χ1v) is 7.38. The van der Waals surface area contributed by atoms with Crippen molar-refractivity contribution in [2.45, 2.75) is 44.6 Å². The van der Waals surface area contributed by atoms with E-state index in [4.69, 9.17) is 11.6 Å². The number of unbranched alkanes of at least 4 members (excludes halogenated alkanes) is 3. The molecule has 0 amide bonds. The molecular formula is C13H20ClNS. The first kappa shape index (κ1) is 13.9. The molecule has 0 fully saturated rings. The summed E-state index contributed by atoms with van der Waals surface area (Å²) in [5.41, 5.74) is 2.42. The van der Waals surface area contributed by atoms with Crippen molar-refractivity contribution in [1.82, 2.24) is 4.98 Å². The highest BCUT2D eigenvalue weighted by molar-refractivity contribution is 7.99. The van der Waals surface area contributed by atoms with Crippen molar-refractivity contribution in [3.8, 4) is 0 Å². The summed E-state index contributed by atoms with van der Waals surface area (Å²) in [6.45, 7) is 4.18. The highest BCUT2D eigenvalue weighted by Gasteiger charge is 1.98. The van der Waals surface area contributed by atoms with Crippen LogP contribution >= 0.6 is 23.4 Å². The number of halogens is 1. The highest BCUT2D eigenvalue weighted by atomic mass is 35.5. The molecule has 90 valence electrons. The third kappa shape index (κ3) is 5.76. The van der Waals surface area contributed by atoms with Crippen LogP contribution in [0.2, 0.25) is 0 Å². The van der Waals surface area contributed by atoms with Crippen LogP contribution in [0.3, 0.4) is 0 Å². The summed E-state index contributed by atoms with van der Waals surface area (Å²) in [4.78, 5) is 4.51. The van der Waals surface area contributed by atoms with Crippen LogP contribution in [0, 0.1) is 13.8 Å². The topological polar surface area (TPSA) is 12.9 Å². The molecule has 0 N–H and O–H groups in total. The van der Waals surface area contributed by atoms with Crippen molar-refractivity contribution in [1.29, 1.82) is 0 Å². The summed E-state index contributed by atoms with van der Waals surface area (Å²) in [5, 5.41) is 1.16. The molecule has 0 bridgehead atoms. The molecule has 0 aliphatic rings. The van der Waals surface area contributed by atoms with Crippen molar-refractivity contribution in [2.75, 3.05) is 11.6 Å². The fourth-order valence-corrected chi connectivity index (χ4v) is 2.83. The number of hydrogen-bond acceptors (Lipinski definition) is 2. The lowest BCUT2D eigenvalue weighted by atomic mass is 10.2. The Morgan fingerprint density at radius 3 is 2.56 bits per heavy atom. The van der Waals surface area contributed by atoms with Crippen molar-refractivity contribution in [3.63, 3.8) is 0 Å². The molecule has 0 aliphatic carbocycles. The van der Waals surface area contributed by atoms with Crippen LogP contribution < -0.4 is 0 Å². The third-order valence-electron chi connectivity index (χ3n) is 2.35. The lowest BCUT2D eigenvalue weighted by Gasteiger charge is -2.03. The monoisotopic (exact) mass is 257 g/mol. The third-order valence-corrected chi connectivity index (χ3v) is 3.62. The van der Waals surface area contributed by atoms with Gasteiger partial charge in [0.15, 0.2) is 0 Å². The van der Waals surface area contributed by atoms with Crippen molar-refractivity contribution >= 4 is 23.4 Å². The minimum absolute atomic E-state index is 0.797. The summed E-state index contributed by atoms with van der Waals surface area (Å²) < 4.78 is 0. The van der Waals surface area contributed by atoms with E-state index in [9.17, 15) is 0 Å². The highest BCUT2D eigenvalue weighted by Crippen LogP contribution is 2.19. The SMILES string of the molecule is Cc1cc(C)nc(SCCCCCCCl)c1. The van der Waals surface area contributed by atoms with Gasteiger partial charge in [-0.3, -0.25) is 0 Å². The Labute approximate surface area is 108 Å². The van der Waals surface area contributed by atoms with E-state index in [0.29, 0.717) is 0 Å². The molecule has 1 aromatic rings. The van der Waals surface area contributed by atoms with Crippen molar-refractivity contribution in [2.24, 2.45) is 0 Å². The maximum Gasteiger partial charge on any atom is 0.0965 e. The van der Waals surface area contributed by atoms with E-state index in [2.05, 4.69) is 31.0 Å². The second-order valence-corrected chi connectivity index (χ2v) is 5.57. The Balaban J connectivity index is 2.21. The molecule has 1 heterocycles. The molecule has 0 unspecified atom stereocenters. The smallest absolute Gasteiger partial charge is 0.0965 e. The number of rotatable bonds is 7. The number of aryl methyl sites for hydroxylation is 2. The number of hydrogen-bond donors (Lipinski definition) is 0. The van der Waals surface area contributed by atoms with Crippen LogP contribution in [0.25, 0.3) is 0 Å². The van der Waals surface area contributed by atoms with Crippen LogP contribution in [0.15, 0.2) is 17.2 Å². The van der Waals surface area contributed by atoms with Gasteiger partial charge in [0.05, 0.1) is 5.03 Å². The first-order chi connectivity index (χ1) is 7.72. The molecule has 1 nitrogen and oxygen atoms in total. The van der Waals surface area contributed by atoms with Gasteiger partial charge in [-0.2, -0.15) is 0 Å². The van der Waals surface area contributed by atoms with Crippen LogP contribution in [-0.4, -0.2) is 16.6 Å². The van der Waals surface area contributed by atoms with E-state index in [1.165, 1.54) is 24.8 Å². The number of pyridine rings is 1. The minimum atomic E-state index is 0.797. The normalized spacial score (nSPS) is 10.7. The Kier molecular flexibility index (Phi) is 6.90. The van der Waals surface area contributed by atoms with Gasteiger partial charge in [-0.15, -0.1) is 23.4 Å². The first-order valence-electron chi connectivity index (χ1n) is 5.86. The standard InChI is InChI=1S/C13H20ClNS/c1-11-9-12(2)15-13(10-11)16-8-6-4-3-5-7-14/h9-10H,3-8H2,1-2H3. The molecule has 0 saturated heterocycles. The Morgan fingerprint density at radius 1 is 1.12 bits per heavy atom. The molecule has 0 saturated carbocycles. The minimum Gasteiger partial charge on any atom is -0.247 e. The van der Waals surface area contributed by atoms with E-state index < -0.39 is 0 Å². The molecule has 3 heteroatoms. The largest absolute Gasteiger partial charge is 0.247 e. The zero-order valence-electron chi connectivity index (χ0n) is 10.1. The fourth-order valence-electron chi connectivity index (χ4n) is 1.61. The summed E-state index contributed by atoms with van der Waals surface area (Å²) in [6, 6.07) is 4.28. The van der Waals surface area contributed by atoms with E-state index in [0.717, 1.165) is 28.8 Å². The Bertz CT molecular complexity index is 295. The van der Waals surface area contributed by atoms with Gasteiger partial charge in [0.1, 0.15) is 0 Å². The predicted octanol–water partition coefficient (Wildman–Crippen LogP) is 4.59. The van der Waals surface area contributed by atoms with Gasteiger partial charge in [0.2, 0.25) is 0 Å². The molecule has 0 atom stereocenters. The molecule has 0 aromatic carbocycles. The number of aromatic nitrogens is 1. The van der Waals surface area contributed by atoms with Crippen molar-refractivity contribution in [3.05, 3.63) is 23.4 Å². The molecule has 0 aliphatic heterocycles. The van der Waals surface area contributed by atoms with E-state index in [1.54, 1.807) is 0 Å². The van der Waals surface area contributed by atoms with E-state index >= 15 is 0 Å². The van der Waals surface area contributed by atoms with E-state index in [-0.39, 0.29) is 0 Å². The number of alkyl halides is 1. The second-order valence-electron chi connectivity index (χ2n) is 4.08. The molecule has 0 spiro atoms. The molecular weight excluding hydrogens is 238 g/mol. The zero-order valence-corrected chi connectivity index (χ0v) is 11.7. The lowest BCUT2D eigenvalue weighted by molar-refractivity contribution is 0.709. The molecule has 0 radical (unpaired) electrons. The average Bonchev–Trinajstić information content (AvgIpc) is 2.22. The van der Waals surface area contributed by atoms with Gasteiger partial charge in [0.25, 0.3) is 0 Å². The summed E-state index contributed by atoms with van der Waals surface area (Å²) >= 11 is 7.49. The molecule has 1 aromatic heterocycles. The van der Waals surface area contributed by atoms with Gasteiger partial charge in [-0.25, -0.2) is 4.98 Å². The van der Waals surface area contributed by atoms with E-state index in [1.807, 2.05) is 11.8 Å². The van der Waals surface area contributed by atoms with Gasteiger partial charge < -0.3 is 0 Å². The van der Waals surface area contributed by atoms with Gasteiger partial charge in [-0.1, -0.05) is 12.8 Å². The molecule has 16 heavy (non-hydrogen) atoms. The Morgan fingerprint density at radius 2 is 1.88 bits per heavy atom. The predicted molar refractivity (Wildman–Crippen MR) is 73.6 cm³/mol. The lowest BCUT2D eigenvalue weighted by Crippen LogP contribution is -1.89. The second kappa shape index (κ2) is 7.97. The summed E-state index contributed by atoms with van der Waals surface area (Å²) in [6.07, 6.45) is 4.94. The quantitative estimate of drug-likeness (QED) is 0.403. The van der Waals surface area contributed by atoms with Crippen LogP contribution in [0.4, 0.5) is 0 Å².